The largest absolute Gasteiger partial charge is 0.472 e. The third-order valence-electron chi connectivity index (χ3n) is 20.2. The zero-order chi connectivity index (χ0) is 76.5. The van der Waals surface area contributed by atoms with Crippen LogP contribution in [0, 0.1) is 17.8 Å². The van der Waals surface area contributed by atoms with Crippen LogP contribution in [-0.4, -0.2) is 96.7 Å². The highest BCUT2D eigenvalue weighted by Gasteiger charge is 2.30. The number of esters is 4. The van der Waals surface area contributed by atoms with Crippen molar-refractivity contribution in [2.24, 2.45) is 17.8 Å². The van der Waals surface area contributed by atoms with Crippen molar-refractivity contribution in [3.8, 4) is 0 Å². The number of aliphatic hydroxyl groups excluding tert-OH is 1. The van der Waals surface area contributed by atoms with Crippen molar-refractivity contribution in [2.45, 2.75) is 465 Å². The van der Waals surface area contributed by atoms with Crippen molar-refractivity contribution in [1.82, 2.24) is 0 Å². The van der Waals surface area contributed by atoms with Crippen LogP contribution in [0.1, 0.15) is 447 Å². The molecule has 0 rings (SSSR count). The molecular formula is C85H166O17P2. The summed E-state index contributed by atoms with van der Waals surface area (Å²) in [6.45, 7) is 12.1. The van der Waals surface area contributed by atoms with Gasteiger partial charge in [0, 0.05) is 25.7 Å². The van der Waals surface area contributed by atoms with Crippen LogP contribution >= 0.6 is 15.6 Å². The summed E-state index contributed by atoms with van der Waals surface area (Å²) in [4.78, 5) is 73.2. The average molecular weight is 1520 g/mol. The van der Waals surface area contributed by atoms with Crippen LogP contribution in [-0.2, 0) is 65.4 Å². The smallest absolute Gasteiger partial charge is 0.462 e. The molecule has 0 aliphatic heterocycles. The van der Waals surface area contributed by atoms with E-state index in [1.807, 2.05) is 0 Å². The summed E-state index contributed by atoms with van der Waals surface area (Å²) in [5.41, 5.74) is 0. The molecule has 19 heteroatoms. The van der Waals surface area contributed by atoms with Gasteiger partial charge in [0.2, 0.25) is 0 Å². The van der Waals surface area contributed by atoms with Crippen LogP contribution < -0.4 is 0 Å². The molecule has 0 aromatic heterocycles. The summed E-state index contributed by atoms with van der Waals surface area (Å²) in [5.74, 6) is 0.336. The molecule has 0 amide bonds. The van der Waals surface area contributed by atoms with Crippen molar-refractivity contribution in [3.63, 3.8) is 0 Å². The lowest BCUT2D eigenvalue weighted by Gasteiger charge is -2.21. The van der Waals surface area contributed by atoms with Crippen LogP contribution in [0.5, 0.6) is 0 Å². The maximum Gasteiger partial charge on any atom is 0.472 e. The summed E-state index contributed by atoms with van der Waals surface area (Å²) < 4.78 is 68.9. The van der Waals surface area contributed by atoms with Gasteiger partial charge < -0.3 is 33.8 Å². The van der Waals surface area contributed by atoms with Crippen LogP contribution in [0.4, 0.5) is 0 Å². The molecule has 0 spiro atoms. The molecule has 0 fully saturated rings. The van der Waals surface area contributed by atoms with Crippen molar-refractivity contribution in [1.29, 1.82) is 0 Å². The Labute approximate surface area is 638 Å². The molecule has 0 aliphatic rings. The number of rotatable bonds is 83. The summed E-state index contributed by atoms with van der Waals surface area (Å²) in [5, 5.41) is 10.7. The van der Waals surface area contributed by atoms with Gasteiger partial charge in [0.05, 0.1) is 26.4 Å². The normalized spacial score (nSPS) is 14.2. The van der Waals surface area contributed by atoms with Gasteiger partial charge in [-0.15, -0.1) is 0 Å². The zero-order valence-corrected chi connectivity index (χ0v) is 70.3. The average Bonchev–Trinajstić information content (AvgIpc) is 0.914. The highest BCUT2D eigenvalue weighted by atomic mass is 31.2. The minimum Gasteiger partial charge on any atom is -0.462 e. The molecule has 0 saturated heterocycles. The number of hydrogen-bond acceptors (Lipinski definition) is 15. The number of hydrogen-bond donors (Lipinski definition) is 3. The first kappa shape index (κ1) is 102. The molecule has 618 valence electrons. The van der Waals surface area contributed by atoms with Crippen LogP contribution in [0.3, 0.4) is 0 Å². The summed E-state index contributed by atoms with van der Waals surface area (Å²) in [6, 6.07) is 0. The number of phosphoric acid groups is 2. The molecule has 0 aliphatic carbocycles. The van der Waals surface area contributed by atoms with Crippen LogP contribution in [0.15, 0.2) is 0 Å². The summed E-state index contributed by atoms with van der Waals surface area (Å²) in [7, 11) is -9.93. The van der Waals surface area contributed by atoms with E-state index < -0.39 is 97.5 Å². The van der Waals surface area contributed by atoms with Crippen LogP contribution in [0.25, 0.3) is 0 Å². The Morgan fingerprint density at radius 1 is 0.279 bits per heavy atom. The molecule has 0 radical (unpaired) electrons. The predicted molar refractivity (Wildman–Crippen MR) is 428 cm³/mol. The second-order valence-electron chi connectivity index (χ2n) is 31.8. The van der Waals surface area contributed by atoms with Crippen molar-refractivity contribution < 1.29 is 80.2 Å². The number of aliphatic hydroxyl groups is 1. The minimum absolute atomic E-state index is 0.108. The van der Waals surface area contributed by atoms with E-state index in [1.54, 1.807) is 0 Å². The molecule has 17 nitrogen and oxygen atoms in total. The Kier molecular flexibility index (Phi) is 73.7. The monoisotopic (exact) mass is 1520 g/mol. The van der Waals surface area contributed by atoms with Crippen LogP contribution in [0.2, 0.25) is 0 Å². The Morgan fingerprint density at radius 3 is 0.731 bits per heavy atom. The second-order valence-corrected chi connectivity index (χ2v) is 34.7. The van der Waals surface area contributed by atoms with E-state index in [2.05, 4.69) is 48.5 Å². The highest BCUT2D eigenvalue weighted by molar-refractivity contribution is 7.47. The SMILES string of the molecule is CCCCCCCCCCCCCCC(=O)OC[C@H](COP(=O)(O)OC[C@H](O)COP(=O)(O)OC[C@@H](COC(=O)CCCCCCCCCCCCCCCCC(C)CC)OC(=O)CCCCCCCCCCCCCCCCCC(C)C)OC(=O)CCCCCCCCCCCCCCCC(C)C. The quantitative estimate of drug-likeness (QED) is 0.0222. The van der Waals surface area contributed by atoms with Gasteiger partial charge in [-0.2, -0.15) is 0 Å². The molecular weight excluding hydrogens is 1350 g/mol. The van der Waals surface area contributed by atoms with E-state index in [0.29, 0.717) is 25.7 Å². The molecule has 0 aromatic carbocycles. The lowest BCUT2D eigenvalue weighted by atomic mass is 9.99. The van der Waals surface area contributed by atoms with Crippen molar-refractivity contribution in [3.05, 3.63) is 0 Å². The van der Waals surface area contributed by atoms with Gasteiger partial charge in [-0.1, -0.05) is 395 Å². The third-order valence-corrected chi connectivity index (χ3v) is 22.1. The summed E-state index contributed by atoms with van der Waals surface area (Å²) in [6.07, 6.45) is 65.0. The fourth-order valence-electron chi connectivity index (χ4n) is 13.2. The third kappa shape index (κ3) is 76.8. The second kappa shape index (κ2) is 75.1. The maximum absolute atomic E-state index is 13.1. The number of carbonyl (C=O) groups excluding carboxylic acids is 4. The minimum atomic E-state index is -4.97. The van der Waals surface area contributed by atoms with Gasteiger partial charge in [0.15, 0.2) is 12.2 Å². The van der Waals surface area contributed by atoms with Gasteiger partial charge in [0.25, 0.3) is 0 Å². The Morgan fingerprint density at radius 2 is 0.490 bits per heavy atom. The van der Waals surface area contributed by atoms with Gasteiger partial charge in [0.1, 0.15) is 19.3 Å². The van der Waals surface area contributed by atoms with Gasteiger partial charge in [-0.05, 0) is 43.4 Å². The fraction of sp³-hybridized carbons (Fsp3) is 0.953. The van der Waals surface area contributed by atoms with Gasteiger partial charge >= 0.3 is 39.5 Å². The molecule has 3 unspecified atom stereocenters. The van der Waals surface area contributed by atoms with E-state index >= 15 is 0 Å². The first-order chi connectivity index (χ1) is 50.3. The molecule has 6 atom stereocenters. The maximum atomic E-state index is 13.1. The Hall–Kier alpha value is -1.94. The lowest BCUT2D eigenvalue weighted by Crippen LogP contribution is -2.30. The number of unbranched alkanes of at least 4 members (excludes halogenated alkanes) is 50. The summed E-state index contributed by atoms with van der Waals surface area (Å²) >= 11 is 0. The van der Waals surface area contributed by atoms with E-state index in [9.17, 15) is 43.2 Å². The highest BCUT2D eigenvalue weighted by Crippen LogP contribution is 2.45. The molecule has 0 saturated carbocycles. The Bertz CT molecular complexity index is 2010. The Balaban J connectivity index is 5.27. The van der Waals surface area contributed by atoms with Crippen molar-refractivity contribution >= 4 is 39.5 Å². The molecule has 3 N–H and O–H groups in total. The standard InChI is InChI=1S/C85H166O17P2/c1-8-10-11-12-13-14-15-31-38-45-52-59-66-82(87)95-72-80(102-85(90)69-62-55-48-41-34-27-21-23-29-36-43-50-57-64-77(5)6)74-99-103(91,92)97-70-79(86)71-98-104(93,94)100-75-81(101-84(89)68-61-54-47-40-33-26-18-16-17-22-28-35-42-49-56-63-76(3)4)73-96-83(88)67-60-53-46-39-32-25-20-19-24-30-37-44-51-58-65-78(7)9-2/h76-81,86H,8-75H2,1-7H3,(H,91,92)(H,93,94)/t78?,79-,80+,81+/m0/s1. The van der Waals surface area contributed by atoms with E-state index in [4.69, 9.17) is 37.0 Å². The predicted octanol–water partition coefficient (Wildman–Crippen LogP) is 25.7. The zero-order valence-electron chi connectivity index (χ0n) is 68.5. The molecule has 0 aromatic rings. The first-order valence-electron chi connectivity index (χ1n) is 43.9. The van der Waals surface area contributed by atoms with Crippen molar-refractivity contribution in [2.75, 3.05) is 39.6 Å². The molecule has 0 bridgehead atoms. The molecule has 0 heterocycles. The number of phosphoric ester groups is 2. The van der Waals surface area contributed by atoms with E-state index in [0.717, 1.165) is 108 Å². The fourth-order valence-corrected chi connectivity index (χ4v) is 14.7. The van der Waals surface area contributed by atoms with Gasteiger partial charge in [-0.3, -0.25) is 37.3 Å². The number of carbonyl (C=O) groups is 4. The topological polar surface area (TPSA) is 237 Å². The van der Waals surface area contributed by atoms with Gasteiger partial charge in [-0.25, -0.2) is 9.13 Å². The molecule has 104 heavy (non-hydrogen) atoms. The van der Waals surface area contributed by atoms with E-state index in [1.165, 1.54) is 257 Å². The first-order valence-corrected chi connectivity index (χ1v) is 46.9. The lowest BCUT2D eigenvalue weighted by molar-refractivity contribution is -0.161. The van der Waals surface area contributed by atoms with E-state index in [-0.39, 0.29) is 25.7 Å². The number of ether oxygens (including phenoxy) is 4.